The highest BCUT2D eigenvalue weighted by Crippen LogP contribution is 2.55. The van der Waals surface area contributed by atoms with Crippen LogP contribution in [0.25, 0.3) is 0 Å². The number of aliphatic hydroxyl groups excluding tert-OH is 2. The second-order valence-corrected chi connectivity index (χ2v) is 8.63. The summed E-state index contributed by atoms with van der Waals surface area (Å²) in [5.41, 5.74) is -2.52. The molecule has 1 fully saturated rings. The van der Waals surface area contributed by atoms with Gasteiger partial charge in [0.2, 0.25) is 6.20 Å². The number of carbonyl (C=O) groups excluding carboxylic acids is 1. The summed E-state index contributed by atoms with van der Waals surface area (Å²) in [6.07, 6.45) is -6.86. The molecule has 2 heterocycles. The van der Waals surface area contributed by atoms with E-state index in [4.69, 9.17) is 14.6 Å². The average Bonchev–Trinajstić information content (AvgIpc) is 3.07. The molecule has 192 valence electrons. The zero-order chi connectivity index (χ0) is 26.3. The van der Waals surface area contributed by atoms with Crippen molar-refractivity contribution in [1.82, 2.24) is 0 Å². The molecule has 0 unspecified atom stereocenters. The zero-order valence-corrected chi connectivity index (χ0v) is 19.4. The molecule has 0 bridgehead atoms. The van der Waals surface area contributed by atoms with E-state index in [1.807, 2.05) is 0 Å². The van der Waals surface area contributed by atoms with Crippen LogP contribution in [0.15, 0.2) is 30.5 Å². The highest BCUT2D eigenvalue weighted by Gasteiger charge is 2.65. The molecule has 2 aromatic rings. The number of ether oxygens (including phenoxy) is 2. The summed E-state index contributed by atoms with van der Waals surface area (Å²) in [6, 6.07) is 4.88. The van der Waals surface area contributed by atoms with E-state index in [0.717, 1.165) is 19.2 Å². The van der Waals surface area contributed by atoms with E-state index in [-0.39, 0.29) is 28.3 Å². The monoisotopic (exact) mass is 503 g/mol. The largest absolute Gasteiger partial charge is 0.496 e. The maximum atomic E-state index is 14.1. The van der Waals surface area contributed by atoms with Crippen molar-refractivity contribution in [2.24, 2.45) is 5.92 Å². The fraction of sp³-hybridized carbons (Fsp3) is 0.478. The van der Waals surface area contributed by atoms with Crippen LogP contribution >= 0.6 is 0 Å². The smallest absolute Gasteiger partial charge is 0.417 e. The Morgan fingerprint density at radius 2 is 1.97 bits per heavy atom. The molecule has 1 aromatic heterocycles. The maximum Gasteiger partial charge on any atom is 0.417 e. The summed E-state index contributed by atoms with van der Waals surface area (Å²) in [6.45, 7) is 2.90. The van der Waals surface area contributed by atoms with Crippen LogP contribution in [0.2, 0.25) is 0 Å². The highest BCUT2D eigenvalue weighted by atomic mass is 19.4. The van der Waals surface area contributed by atoms with E-state index in [9.17, 15) is 32.7 Å². The van der Waals surface area contributed by atoms with Gasteiger partial charge >= 0.3 is 6.18 Å². The van der Waals surface area contributed by atoms with Gasteiger partial charge in [-0.1, -0.05) is 13.0 Å². The van der Waals surface area contributed by atoms with Crippen LogP contribution in [-0.4, -0.2) is 52.9 Å². The number of methoxy groups -OCH3 is 1. The number of nitrogens with zero attached hydrogens (tertiary/aromatic N) is 1. The molecule has 1 aliphatic heterocycles. The number of benzene rings is 1. The number of amides is 1. The number of pyridine rings is 1. The molecule has 3 rings (SSSR count). The van der Waals surface area contributed by atoms with Crippen LogP contribution in [0.1, 0.15) is 42.7 Å². The van der Waals surface area contributed by atoms with Gasteiger partial charge in [0.05, 0.1) is 13.7 Å². The summed E-state index contributed by atoms with van der Waals surface area (Å²) < 4.78 is 67.4. The molecule has 1 amide bonds. The molecular formula is C23H27F4N2O6+. The minimum atomic E-state index is -4.82. The Balaban J connectivity index is 2.03. The number of aliphatic hydroxyl groups is 2. The summed E-state index contributed by atoms with van der Waals surface area (Å²) >= 11 is 0. The molecule has 0 spiro atoms. The molecule has 1 aliphatic rings. The van der Waals surface area contributed by atoms with Crippen molar-refractivity contribution in [1.29, 1.82) is 0 Å². The van der Waals surface area contributed by atoms with Gasteiger partial charge in [-0.05, 0) is 26.0 Å². The van der Waals surface area contributed by atoms with Crippen molar-refractivity contribution >= 4 is 11.6 Å². The summed E-state index contributed by atoms with van der Waals surface area (Å²) in [5, 5.41) is 31.2. The molecular weight excluding hydrogens is 476 g/mol. The number of anilines is 1. The third-order valence-corrected chi connectivity index (χ3v) is 6.60. The van der Waals surface area contributed by atoms with E-state index in [2.05, 4.69) is 5.32 Å². The van der Waals surface area contributed by atoms with Crippen LogP contribution in [-0.2, 0) is 9.53 Å². The van der Waals surface area contributed by atoms with Gasteiger partial charge < -0.3 is 25.0 Å². The Morgan fingerprint density at radius 1 is 1.31 bits per heavy atom. The van der Waals surface area contributed by atoms with Gasteiger partial charge in [-0.3, -0.25) is 10.0 Å². The lowest BCUT2D eigenvalue weighted by Crippen LogP contribution is -2.47. The van der Waals surface area contributed by atoms with Crippen molar-refractivity contribution in [3.63, 3.8) is 0 Å². The number of alkyl halides is 3. The minimum absolute atomic E-state index is 0.00995. The van der Waals surface area contributed by atoms with Crippen LogP contribution in [0.5, 0.6) is 5.75 Å². The van der Waals surface area contributed by atoms with Gasteiger partial charge in [0.25, 0.3) is 11.6 Å². The van der Waals surface area contributed by atoms with Crippen molar-refractivity contribution in [2.75, 3.05) is 19.0 Å². The molecule has 5 atom stereocenters. The SMILES string of the molecule is COc1c([C@@H]2[C@@H](C(=O)Nc3ccc([C@H](O)CO)[n+](O)c3)O[C@](C)(C(F)(F)F)[C@@H]2C)ccc(F)c1C. The number of carbonyl (C=O) groups is 1. The summed E-state index contributed by atoms with van der Waals surface area (Å²) in [4.78, 5) is 13.2. The van der Waals surface area contributed by atoms with Gasteiger partial charge in [-0.25, -0.2) is 4.39 Å². The number of nitrogens with one attached hydrogen (secondary N) is 1. The predicted octanol–water partition coefficient (Wildman–Crippen LogP) is 2.77. The van der Waals surface area contributed by atoms with E-state index in [1.54, 1.807) is 0 Å². The van der Waals surface area contributed by atoms with Crippen molar-refractivity contribution in [3.8, 4) is 5.75 Å². The fourth-order valence-corrected chi connectivity index (χ4v) is 4.39. The van der Waals surface area contributed by atoms with E-state index in [1.165, 1.54) is 39.2 Å². The standard InChI is InChI=1S/C23H26F4N2O6/c1-11-15(24)7-6-14(19(11)34-4)18-12(2)22(3,23(25,26)27)35-20(18)21(32)28-13-5-8-16(17(31)10-30)29(33)9-13/h5-9,12,17-18,20,30-31H,10H2,1-4H3,(H-,28,32,33)/p+1/t12-,17-,18-,20+,22+/m1/s1. The third kappa shape index (κ3) is 4.65. The number of aromatic nitrogens is 1. The Hall–Kier alpha value is -2.96. The van der Waals surface area contributed by atoms with Crippen molar-refractivity contribution < 1.29 is 52.0 Å². The lowest BCUT2D eigenvalue weighted by Gasteiger charge is -2.32. The Bertz CT molecular complexity index is 1110. The second kappa shape index (κ2) is 9.59. The lowest BCUT2D eigenvalue weighted by molar-refractivity contribution is -0.911. The number of halogens is 4. The Morgan fingerprint density at radius 3 is 2.51 bits per heavy atom. The van der Waals surface area contributed by atoms with Gasteiger partial charge in [0.1, 0.15) is 23.4 Å². The number of hydrogen-bond acceptors (Lipinski definition) is 6. The first-order valence-electron chi connectivity index (χ1n) is 10.7. The van der Waals surface area contributed by atoms with Crippen molar-refractivity contribution in [3.05, 3.63) is 53.1 Å². The lowest BCUT2D eigenvalue weighted by atomic mass is 9.76. The Kier molecular flexibility index (Phi) is 7.30. The second-order valence-electron chi connectivity index (χ2n) is 8.63. The van der Waals surface area contributed by atoms with E-state index in [0.29, 0.717) is 4.73 Å². The number of hydrogen-bond donors (Lipinski definition) is 4. The highest BCUT2D eigenvalue weighted by molar-refractivity contribution is 5.95. The van der Waals surface area contributed by atoms with Crippen LogP contribution < -0.4 is 14.8 Å². The first-order valence-corrected chi connectivity index (χ1v) is 10.7. The predicted molar refractivity (Wildman–Crippen MR) is 113 cm³/mol. The van der Waals surface area contributed by atoms with Crippen LogP contribution in [0.4, 0.5) is 23.2 Å². The molecule has 0 saturated carbocycles. The topological polar surface area (TPSA) is 112 Å². The molecule has 1 saturated heterocycles. The normalized spacial score (nSPS) is 25.4. The van der Waals surface area contributed by atoms with E-state index < -0.39 is 54.2 Å². The molecule has 1 aromatic carbocycles. The first kappa shape index (κ1) is 26.6. The zero-order valence-electron chi connectivity index (χ0n) is 19.4. The summed E-state index contributed by atoms with van der Waals surface area (Å²) in [5.74, 6) is -3.96. The minimum Gasteiger partial charge on any atom is -0.496 e. The molecule has 0 aliphatic carbocycles. The van der Waals surface area contributed by atoms with Crippen molar-refractivity contribution in [2.45, 2.75) is 50.7 Å². The van der Waals surface area contributed by atoms with Gasteiger partial charge in [0.15, 0.2) is 11.7 Å². The maximum absolute atomic E-state index is 14.1. The Labute approximate surface area is 198 Å². The first-order chi connectivity index (χ1) is 16.3. The molecule has 35 heavy (non-hydrogen) atoms. The molecule has 0 radical (unpaired) electrons. The van der Waals surface area contributed by atoms with Gasteiger partial charge in [-0.15, -0.1) is 0 Å². The van der Waals surface area contributed by atoms with Crippen LogP contribution in [0.3, 0.4) is 0 Å². The summed E-state index contributed by atoms with van der Waals surface area (Å²) in [7, 11) is 1.26. The number of rotatable bonds is 6. The average molecular weight is 503 g/mol. The molecule has 12 heteroatoms. The fourth-order valence-electron chi connectivity index (χ4n) is 4.39. The molecule has 4 N–H and O–H groups in total. The van der Waals surface area contributed by atoms with Gasteiger partial charge in [0, 0.05) is 33.8 Å². The third-order valence-electron chi connectivity index (χ3n) is 6.60. The van der Waals surface area contributed by atoms with Crippen LogP contribution in [0, 0.1) is 18.7 Å². The van der Waals surface area contributed by atoms with Gasteiger partial charge in [-0.2, -0.15) is 13.2 Å². The molecule has 8 nitrogen and oxygen atoms in total. The van der Waals surface area contributed by atoms with E-state index >= 15 is 0 Å². The quantitative estimate of drug-likeness (QED) is 0.274.